The van der Waals surface area contributed by atoms with E-state index in [1.165, 1.54) is 24.8 Å². The van der Waals surface area contributed by atoms with Crippen LogP contribution in [0.1, 0.15) is 140 Å². The molecule has 260 valence electrons. The Labute approximate surface area is 283 Å². The predicted octanol–water partition coefficient (Wildman–Crippen LogP) is 10.2. The highest BCUT2D eigenvalue weighted by Gasteiger charge is 2.38. The molecule has 3 aliphatic rings. The maximum absolute atomic E-state index is 11.5. The van der Waals surface area contributed by atoms with Crippen LogP contribution in [0.15, 0.2) is 56.1 Å². The fraction of sp³-hybridized carbons (Fsp3) is 0.610. The molecule has 0 bridgehead atoms. The Morgan fingerprint density at radius 1 is 0.745 bits per heavy atom. The fourth-order valence-corrected chi connectivity index (χ4v) is 5.58. The molecular weight excluding hydrogens is 588 g/mol. The van der Waals surface area contributed by atoms with Gasteiger partial charge in [0.15, 0.2) is 0 Å². The third-order valence-corrected chi connectivity index (χ3v) is 8.83. The van der Waals surface area contributed by atoms with Gasteiger partial charge in [-0.1, -0.05) is 119 Å². The SMILES string of the molecule is CC(C)(C)C1COC1.CC(C)(C)C1OC(=O)c2ccccc21.CC(C)(C)c1ccc2c(c1)CCC2.Cc1oc(=O)oc1CC(C)(C)C. The number of carbonyl (C=O) groups excluding carboxylic acids is 1. The molecule has 3 heterocycles. The lowest BCUT2D eigenvalue weighted by atomic mass is 9.80. The minimum absolute atomic E-state index is 0.0394. The average molecular weight is 649 g/mol. The van der Waals surface area contributed by atoms with Gasteiger partial charge in [-0.3, -0.25) is 0 Å². The second kappa shape index (κ2) is 15.0. The molecule has 6 heteroatoms. The van der Waals surface area contributed by atoms with Crippen molar-refractivity contribution in [2.24, 2.45) is 22.2 Å². The molecule has 3 aromatic rings. The first-order valence-electron chi connectivity index (χ1n) is 17.2. The topological polar surface area (TPSA) is 78.9 Å². The first-order valence-corrected chi connectivity index (χ1v) is 17.2. The largest absolute Gasteiger partial charge is 0.519 e. The number of aryl methyl sites for hydroxylation is 3. The van der Waals surface area contributed by atoms with Crippen LogP contribution in [-0.4, -0.2) is 19.2 Å². The van der Waals surface area contributed by atoms with Crippen molar-refractivity contribution in [2.75, 3.05) is 13.2 Å². The molecule has 1 fully saturated rings. The zero-order valence-corrected chi connectivity index (χ0v) is 31.4. The molecule has 47 heavy (non-hydrogen) atoms. The number of fused-ring (bicyclic) bond motifs is 2. The summed E-state index contributed by atoms with van der Waals surface area (Å²) in [5.41, 5.74) is 7.23. The van der Waals surface area contributed by atoms with Gasteiger partial charge in [-0.05, 0) is 65.2 Å². The van der Waals surface area contributed by atoms with Gasteiger partial charge in [0.25, 0.3) is 0 Å². The maximum Gasteiger partial charge on any atom is 0.519 e. The van der Waals surface area contributed by atoms with Crippen molar-refractivity contribution in [3.63, 3.8) is 0 Å². The summed E-state index contributed by atoms with van der Waals surface area (Å²) in [6.45, 7) is 29.8. The number of hydrogen-bond donors (Lipinski definition) is 0. The molecule has 0 saturated carbocycles. The molecule has 0 spiro atoms. The molecule has 6 nitrogen and oxygen atoms in total. The summed E-state index contributed by atoms with van der Waals surface area (Å²) >= 11 is 0. The number of rotatable bonds is 1. The van der Waals surface area contributed by atoms with E-state index in [2.05, 4.69) is 101 Å². The molecule has 1 unspecified atom stereocenters. The molecule has 1 saturated heterocycles. The van der Waals surface area contributed by atoms with E-state index in [0.717, 1.165) is 31.1 Å². The molecular formula is C41H60O6. The van der Waals surface area contributed by atoms with Crippen molar-refractivity contribution in [3.8, 4) is 0 Å². The van der Waals surface area contributed by atoms with E-state index in [0.29, 0.717) is 27.9 Å². The molecule has 0 amide bonds. The van der Waals surface area contributed by atoms with Crippen LogP contribution in [0.4, 0.5) is 0 Å². The minimum atomic E-state index is -0.605. The molecule has 1 aliphatic carbocycles. The Bertz CT molecular complexity index is 1520. The summed E-state index contributed by atoms with van der Waals surface area (Å²) in [4.78, 5) is 22.2. The smallest absolute Gasteiger partial charge is 0.453 e. The van der Waals surface area contributed by atoms with Crippen molar-refractivity contribution in [1.82, 2.24) is 0 Å². The van der Waals surface area contributed by atoms with Crippen LogP contribution in [0.25, 0.3) is 0 Å². The van der Waals surface area contributed by atoms with E-state index < -0.39 is 5.82 Å². The molecule has 1 atom stereocenters. The summed E-state index contributed by atoms with van der Waals surface area (Å²) in [7, 11) is 0. The lowest BCUT2D eigenvalue weighted by molar-refractivity contribution is -0.0821. The van der Waals surface area contributed by atoms with E-state index in [1.54, 1.807) is 18.1 Å². The number of ether oxygens (including phenoxy) is 2. The van der Waals surface area contributed by atoms with Crippen molar-refractivity contribution in [3.05, 3.63) is 92.4 Å². The van der Waals surface area contributed by atoms with Crippen molar-refractivity contribution in [1.29, 1.82) is 0 Å². The predicted molar refractivity (Wildman–Crippen MR) is 190 cm³/mol. The van der Waals surface area contributed by atoms with E-state index >= 15 is 0 Å². The molecule has 6 rings (SSSR count). The van der Waals surface area contributed by atoms with Crippen LogP contribution in [0, 0.1) is 29.1 Å². The Kier molecular flexibility index (Phi) is 12.2. The minimum Gasteiger partial charge on any atom is -0.453 e. The summed E-state index contributed by atoms with van der Waals surface area (Å²) in [6, 6.07) is 14.6. The van der Waals surface area contributed by atoms with Crippen LogP contribution in [0.3, 0.4) is 0 Å². The van der Waals surface area contributed by atoms with Crippen molar-refractivity contribution >= 4 is 5.97 Å². The van der Waals surface area contributed by atoms with Gasteiger partial charge in [-0.25, -0.2) is 9.59 Å². The molecule has 1 aromatic heterocycles. The van der Waals surface area contributed by atoms with Crippen LogP contribution >= 0.6 is 0 Å². The van der Waals surface area contributed by atoms with Gasteiger partial charge in [0.2, 0.25) is 0 Å². The summed E-state index contributed by atoms with van der Waals surface area (Å²) in [5, 5.41) is 0. The quantitative estimate of drug-likeness (QED) is 0.244. The Hall–Kier alpha value is -3.12. The molecule has 0 N–H and O–H groups in total. The second-order valence-electron chi connectivity index (χ2n) is 17.6. The number of cyclic esters (lactones) is 1. The van der Waals surface area contributed by atoms with E-state index in [9.17, 15) is 9.59 Å². The lowest BCUT2D eigenvalue weighted by Crippen LogP contribution is -2.37. The summed E-state index contributed by atoms with van der Waals surface area (Å²) in [6.07, 6.45) is 4.55. The standard InChI is InChI=1S/C13H18.C12H14O2.C9H14O3.C7H14O/c1-13(2,3)12-8-7-10-5-4-6-11(10)9-12;1-12(2,3)10-8-6-4-5-7-9(8)11(13)14-10;1-6-7(5-9(2,3)4)12-8(10)11-6;1-7(2,3)6-4-8-5-6/h7-9H,4-6H2,1-3H3;4-7,10H,1-3H3;5H2,1-4H3;6H,4-5H2,1-3H3. The third kappa shape index (κ3) is 11.2. The van der Waals surface area contributed by atoms with Crippen molar-refractivity contribution < 1.29 is 23.1 Å². The van der Waals surface area contributed by atoms with Crippen LogP contribution in [0.2, 0.25) is 0 Å². The summed E-state index contributed by atoms with van der Waals surface area (Å²) in [5.74, 6) is 1.26. The second-order valence-corrected chi connectivity index (χ2v) is 17.6. The third-order valence-electron chi connectivity index (χ3n) is 8.83. The van der Waals surface area contributed by atoms with Crippen molar-refractivity contribution in [2.45, 2.75) is 127 Å². The highest BCUT2D eigenvalue weighted by molar-refractivity contribution is 5.94. The number of esters is 1. The zero-order chi connectivity index (χ0) is 35.4. The lowest BCUT2D eigenvalue weighted by Gasteiger charge is -2.37. The highest BCUT2D eigenvalue weighted by Crippen LogP contribution is 2.42. The Balaban J connectivity index is 0.000000173. The van der Waals surface area contributed by atoms with E-state index in [4.69, 9.17) is 18.3 Å². The normalized spacial score (nSPS) is 17.5. The number of benzene rings is 2. The monoisotopic (exact) mass is 648 g/mol. The van der Waals surface area contributed by atoms with Gasteiger partial charge in [0.1, 0.15) is 17.6 Å². The van der Waals surface area contributed by atoms with Gasteiger partial charge in [0.05, 0.1) is 18.8 Å². The van der Waals surface area contributed by atoms with Crippen LogP contribution in [0.5, 0.6) is 0 Å². The van der Waals surface area contributed by atoms with Gasteiger partial charge in [-0.2, -0.15) is 0 Å². The van der Waals surface area contributed by atoms with E-state index in [1.807, 2.05) is 24.3 Å². The van der Waals surface area contributed by atoms with Gasteiger partial charge in [-0.15, -0.1) is 0 Å². The highest BCUT2D eigenvalue weighted by atomic mass is 16.6. The molecule has 2 aliphatic heterocycles. The fourth-order valence-electron chi connectivity index (χ4n) is 5.58. The Morgan fingerprint density at radius 2 is 1.36 bits per heavy atom. The first kappa shape index (κ1) is 38.3. The zero-order valence-electron chi connectivity index (χ0n) is 31.4. The molecule has 0 radical (unpaired) electrons. The number of carbonyl (C=O) groups is 1. The van der Waals surface area contributed by atoms with Gasteiger partial charge in [0, 0.05) is 23.3 Å². The Morgan fingerprint density at radius 3 is 1.83 bits per heavy atom. The van der Waals surface area contributed by atoms with Crippen LogP contribution < -0.4 is 5.82 Å². The average Bonchev–Trinajstić information content (AvgIpc) is 3.58. The summed E-state index contributed by atoms with van der Waals surface area (Å²) < 4.78 is 20.0. The number of hydrogen-bond acceptors (Lipinski definition) is 6. The maximum atomic E-state index is 11.5. The van der Waals surface area contributed by atoms with E-state index in [-0.39, 0.29) is 22.9 Å². The first-order chi connectivity index (χ1) is 21.6. The van der Waals surface area contributed by atoms with Gasteiger partial charge < -0.3 is 18.3 Å². The molecule has 2 aromatic carbocycles. The van der Waals surface area contributed by atoms with Gasteiger partial charge >= 0.3 is 11.8 Å². The van der Waals surface area contributed by atoms with Crippen LogP contribution in [-0.2, 0) is 34.2 Å².